The van der Waals surface area contributed by atoms with Gasteiger partial charge in [0.2, 0.25) is 5.91 Å². The molecule has 106 valence electrons. The van der Waals surface area contributed by atoms with Crippen molar-refractivity contribution in [1.29, 1.82) is 0 Å². The molecule has 1 amide bonds. The third-order valence-corrected chi connectivity index (χ3v) is 2.36. The van der Waals surface area contributed by atoms with E-state index in [-0.39, 0.29) is 19.1 Å². The Labute approximate surface area is 113 Å². The summed E-state index contributed by atoms with van der Waals surface area (Å²) >= 11 is 0. The van der Waals surface area contributed by atoms with Crippen LogP contribution in [-0.2, 0) is 4.79 Å². The van der Waals surface area contributed by atoms with Crippen molar-refractivity contribution in [1.82, 2.24) is 4.90 Å². The molecule has 0 saturated carbocycles. The number of nitrogens with zero attached hydrogens (tertiary/aromatic N) is 1. The first-order valence-electron chi connectivity index (χ1n) is 6.08. The summed E-state index contributed by atoms with van der Waals surface area (Å²) in [5, 5.41) is 23.7. The van der Waals surface area contributed by atoms with Crippen LogP contribution in [0.3, 0.4) is 0 Å². The molecule has 1 aromatic rings. The van der Waals surface area contributed by atoms with Crippen molar-refractivity contribution in [2.24, 2.45) is 0 Å². The number of benzene rings is 1. The molecule has 0 fully saturated rings. The first-order chi connectivity index (χ1) is 9.01. The van der Waals surface area contributed by atoms with Gasteiger partial charge in [-0.1, -0.05) is 6.07 Å². The third kappa shape index (κ3) is 6.19. The standard InChI is InChI=1S/C13H21N3O3/c1-16(2)8-13(19)15-11-5-3-4-10(6-11)14-7-12(18)9-17/h3-6,12,14,17-18H,7-9H2,1-2H3,(H,15,19). The summed E-state index contributed by atoms with van der Waals surface area (Å²) in [6.07, 6.45) is -0.799. The number of hydrogen-bond acceptors (Lipinski definition) is 5. The highest BCUT2D eigenvalue weighted by Gasteiger charge is 2.05. The molecule has 0 radical (unpaired) electrons. The number of carbonyl (C=O) groups excluding carboxylic acids is 1. The summed E-state index contributed by atoms with van der Waals surface area (Å²) in [6.45, 7) is 0.290. The van der Waals surface area contributed by atoms with Crippen molar-refractivity contribution in [3.8, 4) is 0 Å². The van der Waals surface area contributed by atoms with Gasteiger partial charge in [0, 0.05) is 17.9 Å². The third-order valence-electron chi connectivity index (χ3n) is 2.36. The summed E-state index contributed by atoms with van der Waals surface area (Å²) in [7, 11) is 3.65. The fraction of sp³-hybridized carbons (Fsp3) is 0.462. The zero-order valence-corrected chi connectivity index (χ0v) is 11.3. The highest BCUT2D eigenvalue weighted by atomic mass is 16.3. The summed E-state index contributed by atoms with van der Waals surface area (Å²) < 4.78 is 0. The van der Waals surface area contributed by atoms with E-state index in [4.69, 9.17) is 5.11 Å². The number of amides is 1. The molecule has 0 aromatic heterocycles. The first kappa shape index (κ1) is 15.4. The number of nitrogens with one attached hydrogen (secondary N) is 2. The van der Waals surface area contributed by atoms with Crippen molar-refractivity contribution < 1.29 is 15.0 Å². The van der Waals surface area contributed by atoms with Crippen LogP contribution in [0.4, 0.5) is 11.4 Å². The van der Waals surface area contributed by atoms with Crippen LogP contribution < -0.4 is 10.6 Å². The maximum absolute atomic E-state index is 11.6. The van der Waals surface area contributed by atoms with E-state index in [0.29, 0.717) is 12.2 Å². The van der Waals surface area contributed by atoms with E-state index in [1.165, 1.54) is 0 Å². The summed E-state index contributed by atoms with van der Waals surface area (Å²) in [5.74, 6) is -0.0856. The van der Waals surface area contributed by atoms with Crippen molar-refractivity contribution in [2.45, 2.75) is 6.10 Å². The molecule has 19 heavy (non-hydrogen) atoms. The van der Waals surface area contributed by atoms with Gasteiger partial charge in [-0.2, -0.15) is 0 Å². The molecule has 1 aromatic carbocycles. The molecule has 0 aliphatic carbocycles. The van der Waals surface area contributed by atoms with Crippen LogP contribution in [0.15, 0.2) is 24.3 Å². The normalized spacial score (nSPS) is 12.3. The van der Waals surface area contributed by atoms with Gasteiger partial charge in [-0.25, -0.2) is 0 Å². The number of hydrogen-bond donors (Lipinski definition) is 4. The van der Waals surface area contributed by atoms with Crippen LogP contribution in [-0.4, -0.2) is 60.9 Å². The summed E-state index contributed by atoms with van der Waals surface area (Å²) in [6, 6.07) is 7.20. The molecular weight excluding hydrogens is 246 g/mol. The van der Waals surface area contributed by atoms with E-state index >= 15 is 0 Å². The minimum atomic E-state index is -0.799. The second-order valence-corrected chi connectivity index (χ2v) is 4.58. The largest absolute Gasteiger partial charge is 0.394 e. The van der Waals surface area contributed by atoms with Gasteiger partial charge in [0.15, 0.2) is 0 Å². The lowest BCUT2D eigenvalue weighted by Crippen LogP contribution is -2.27. The smallest absolute Gasteiger partial charge is 0.238 e. The average molecular weight is 267 g/mol. The Bertz CT molecular complexity index is 410. The van der Waals surface area contributed by atoms with Crippen molar-refractivity contribution in [3.05, 3.63) is 24.3 Å². The maximum Gasteiger partial charge on any atom is 0.238 e. The van der Waals surface area contributed by atoms with Crippen molar-refractivity contribution in [3.63, 3.8) is 0 Å². The molecule has 0 aliphatic rings. The molecule has 0 saturated heterocycles. The molecular formula is C13H21N3O3. The zero-order chi connectivity index (χ0) is 14.3. The highest BCUT2D eigenvalue weighted by molar-refractivity contribution is 5.92. The molecule has 1 atom stereocenters. The monoisotopic (exact) mass is 267 g/mol. The predicted molar refractivity (Wildman–Crippen MR) is 75.2 cm³/mol. The van der Waals surface area contributed by atoms with E-state index in [2.05, 4.69) is 10.6 Å². The van der Waals surface area contributed by atoms with Crippen LogP contribution in [0.1, 0.15) is 0 Å². The quantitative estimate of drug-likeness (QED) is 0.557. The predicted octanol–water partition coefficient (Wildman–Crippen LogP) is -0.0482. The van der Waals surface area contributed by atoms with E-state index < -0.39 is 6.10 Å². The fourth-order valence-electron chi connectivity index (χ4n) is 1.49. The van der Waals surface area contributed by atoms with E-state index in [9.17, 15) is 9.90 Å². The van der Waals surface area contributed by atoms with E-state index in [1.807, 2.05) is 20.2 Å². The van der Waals surface area contributed by atoms with Crippen molar-refractivity contribution in [2.75, 3.05) is 44.4 Å². The molecule has 0 spiro atoms. The molecule has 4 N–H and O–H groups in total. The van der Waals surface area contributed by atoms with Crippen LogP contribution in [0.5, 0.6) is 0 Å². The minimum Gasteiger partial charge on any atom is -0.394 e. The highest BCUT2D eigenvalue weighted by Crippen LogP contribution is 2.14. The molecule has 1 rings (SSSR count). The average Bonchev–Trinajstić information content (AvgIpc) is 2.35. The van der Waals surface area contributed by atoms with Gasteiger partial charge in [-0.15, -0.1) is 0 Å². The van der Waals surface area contributed by atoms with Gasteiger partial charge in [0.05, 0.1) is 19.3 Å². The lowest BCUT2D eigenvalue weighted by molar-refractivity contribution is -0.116. The number of aliphatic hydroxyl groups is 2. The Balaban J connectivity index is 2.54. The SMILES string of the molecule is CN(C)CC(=O)Nc1cccc(NCC(O)CO)c1. The minimum absolute atomic E-state index is 0.0856. The van der Waals surface area contributed by atoms with Gasteiger partial charge in [0.1, 0.15) is 0 Å². The van der Waals surface area contributed by atoms with Gasteiger partial charge in [0.25, 0.3) is 0 Å². The number of anilines is 2. The summed E-state index contributed by atoms with van der Waals surface area (Å²) in [5.41, 5.74) is 1.46. The topological polar surface area (TPSA) is 84.8 Å². The number of aliphatic hydroxyl groups excluding tert-OH is 2. The Morgan fingerprint density at radius 2 is 2.05 bits per heavy atom. The molecule has 6 heteroatoms. The Kier molecular flexibility index (Phi) is 6.27. The van der Waals surface area contributed by atoms with Gasteiger partial charge < -0.3 is 25.7 Å². The fourth-order valence-corrected chi connectivity index (χ4v) is 1.49. The Morgan fingerprint density at radius 3 is 2.68 bits per heavy atom. The van der Waals surface area contributed by atoms with E-state index in [0.717, 1.165) is 5.69 Å². The van der Waals surface area contributed by atoms with Crippen molar-refractivity contribution >= 4 is 17.3 Å². The maximum atomic E-state index is 11.6. The van der Waals surface area contributed by atoms with Gasteiger partial charge in [-0.3, -0.25) is 4.79 Å². The lowest BCUT2D eigenvalue weighted by Gasteiger charge is -2.13. The molecule has 0 aliphatic heterocycles. The zero-order valence-electron chi connectivity index (χ0n) is 11.3. The second-order valence-electron chi connectivity index (χ2n) is 4.58. The van der Waals surface area contributed by atoms with E-state index in [1.54, 1.807) is 23.1 Å². The second kappa shape index (κ2) is 7.73. The van der Waals surface area contributed by atoms with Gasteiger partial charge in [-0.05, 0) is 32.3 Å². The number of likely N-dealkylation sites (N-methyl/N-ethyl adjacent to an activating group) is 1. The lowest BCUT2D eigenvalue weighted by atomic mass is 10.2. The molecule has 0 heterocycles. The first-order valence-corrected chi connectivity index (χ1v) is 6.08. The van der Waals surface area contributed by atoms with Crippen LogP contribution >= 0.6 is 0 Å². The summed E-state index contributed by atoms with van der Waals surface area (Å²) in [4.78, 5) is 13.4. The molecule has 0 bridgehead atoms. The Morgan fingerprint density at radius 1 is 1.37 bits per heavy atom. The van der Waals surface area contributed by atoms with Crippen LogP contribution in [0.25, 0.3) is 0 Å². The number of carbonyl (C=O) groups is 1. The number of rotatable bonds is 7. The van der Waals surface area contributed by atoms with Crippen LogP contribution in [0.2, 0.25) is 0 Å². The molecule has 6 nitrogen and oxygen atoms in total. The molecule has 1 unspecified atom stereocenters. The van der Waals surface area contributed by atoms with Gasteiger partial charge >= 0.3 is 0 Å². The Hall–Kier alpha value is -1.63. The van der Waals surface area contributed by atoms with Crippen LogP contribution in [0, 0.1) is 0 Å².